The van der Waals surface area contributed by atoms with Gasteiger partial charge in [-0.15, -0.1) is 0 Å². The molecule has 2 rings (SSSR count). The summed E-state index contributed by atoms with van der Waals surface area (Å²) in [6.45, 7) is 0.553. The van der Waals surface area contributed by atoms with Crippen molar-refractivity contribution in [3.8, 4) is 0 Å². The molecule has 5 heteroatoms. The molecule has 0 amide bonds. The summed E-state index contributed by atoms with van der Waals surface area (Å²) in [7, 11) is 0. The summed E-state index contributed by atoms with van der Waals surface area (Å²) in [5, 5.41) is 13.7. The first-order valence-electron chi connectivity index (χ1n) is 5.24. The van der Waals surface area contributed by atoms with E-state index in [1.807, 2.05) is 0 Å². The number of hydrogen-bond donors (Lipinski definition) is 3. The molecule has 1 aromatic rings. The maximum absolute atomic E-state index is 9.95. The highest BCUT2D eigenvalue weighted by atomic mass is 79.9. The lowest BCUT2D eigenvalue weighted by Crippen LogP contribution is -2.23. The van der Waals surface area contributed by atoms with Crippen molar-refractivity contribution in [2.24, 2.45) is 0 Å². The molecule has 1 unspecified atom stereocenters. The first kappa shape index (κ1) is 12.2. The molecule has 1 aliphatic rings. The number of nitrogen functional groups attached to an aromatic ring is 1. The second-order valence-corrected chi connectivity index (χ2v) is 5.36. The Morgan fingerprint density at radius 1 is 1.56 bits per heavy atom. The van der Waals surface area contributed by atoms with Gasteiger partial charge in [0.25, 0.3) is 0 Å². The number of aliphatic hydroxyl groups excluding tert-OH is 1. The average molecular weight is 306 g/mol. The molecule has 0 aromatic heterocycles. The standard InChI is InChI=1S/C11H14BrClN2O/c12-8-3-6(4-9(13)11(8)14)10(16)5-15-7-1-2-7/h3-4,7,10,15-16H,1-2,5,14H2. The number of rotatable bonds is 4. The number of hydrogen-bond acceptors (Lipinski definition) is 3. The van der Waals surface area contributed by atoms with E-state index in [4.69, 9.17) is 17.3 Å². The quantitative estimate of drug-likeness (QED) is 0.749. The van der Waals surface area contributed by atoms with Crippen molar-refractivity contribution in [2.75, 3.05) is 12.3 Å². The van der Waals surface area contributed by atoms with Gasteiger partial charge in [0, 0.05) is 17.1 Å². The largest absolute Gasteiger partial charge is 0.397 e. The zero-order valence-electron chi connectivity index (χ0n) is 8.71. The van der Waals surface area contributed by atoms with Crippen molar-refractivity contribution in [1.82, 2.24) is 5.32 Å². The normalized spacial score (nSPS) is 17.4. The van der Waals surface area contributed by atoms with Gasteiger partial charge in [0.2, 0.25) is 0 Å². The number of aliphatic hydroxyl groups is 1. The molecule has 4 N–H and O–H groups in total. The average Bonchev–Trinajstić information content (AvgIpc) is 3.05. The van der Waals surface area contributed by atoms with Gasteiger partial charge in [0.15, 0.2) is 0 Å². The lowest BCUT2D eigenvalue weighted by molar-refractivity contribution is 0.174. The Bertz CT molecular complexity index is 373. The maximum Gasteiger partial charge on any atom is 0.0915 e. The van der Waals surface area contributed by atoms with Crippen molar-refractivity contribution in [3.05, 3.63) is 27.2 Å². The summed E-state index contributed by atoms with van der Waals surface area (Å²) in [4.78, 5) is 0. The fraction of sp³-hybridized carbons (Fsp3) is 0.455. The topological polar surface area (TPSA) is 58.3 Å². The van der Waals surface area contributed by atoms with Gasteiger partial charge in [-0.25, -0.2) is 0 Å². The van der Waals surface area contributed by atoms with E-state index < -0.39 is 6.10 Å². The van der Waals surface area contributed by atoms with Crippen LogP contribution >= 0.6 is 27.5 Å². The van der Waals surface area contributed by atoms with E-state index in [1.54, 1.807) is 12.1 Å². The van der Waals surface area contributed by atoms with Crippen molar-refractivity contribution in [3.63, 3.8) is 0 Å². The molecule has 0 heterocycles. The summed E-state index contributed by atoms with van der Waals surface area (Å²) in [6.07, 6.45) is 1.87. The SMILES string of the molecule is Nc1c(Cl)cc(C(O)CNC2CC2)cc1Br. The lowest BCUT2D eigenvalue weighted by atomic mass is 10.1. The molecule has 3 nitrogen and oxygen atoms in total. The highest BCUT2D eigenvalue weighted by molar-refractivity contribution is 9.10. The van der Waals surface area contributed by atoms with Crippen molar-refractivity contribution >= 4 is 33.2 Å². The van der Waals surface area contributed by atoms with Gasteiger partial charge >= 0.3 is 0 Å². The predicted molar refractivity (Wildman–Crippen MR) is 69.5 cm³/mol. The van der Waals surface area contributed by atoms with E-state index in [-0.39, 0.29) is 0 Å². The molecule has 1 aromatic carbocycles. The smallest absolute Gasteiger partial charge is 0.0915 e. The third-order valence-electron chi connectivity index (χ3n) is 2.66. The number of nitrogens with two attached hydrogens (primary N) is 1. The Hall–Kier alpha value is -0.290. The number of benzene rings is 1. The highest BCUT2D eigenvalue weighted by Crippen LogP contribution is 2.31. The van der Waals surface area contributed by atoms with Gasteiger partial charge in [-0.1, -0.05) is 11.6 Å². The minimum atomic E-state index is -0.546. The van der Waals surface area contributed by atoms with Crippen LogP contribution in [0.2, 0.25) is 5.02 Å². The Kier molecular flexibility index (Phi) is 3.74. The number of halogens is 2. The first-order valence-corrected chi connectivity index (χ1v) is 6.41. The van der Waals surface area contributed by atoms with Crippen LogP contribution in [0.5, 0.6) is 0 Å². The highest BCUT2D eigenvalue weighted by Gasteiger charge is 2.22. The molecular weight excluding hydrogens is 291 g/mol. The Morgan fingerprint density at radius 2 is 2.25 bits per heavy atom. The number of anilines is 1. The van der Waals surface area contributed by atoms with Crippen LogP contribution in [0.15, 0.2) is 16.6 Å². The van der Waals surface area contributed by atoms with E-state index in [1.165, 1.54) is 12.8 Å². The van der Waals surface area contributed by atoms with Crippen molar-refractivity contribution < 1.29 is 5.11 Å². The molecule has 0 bridgehead atoms. The van der Waals surface area contributed by atoms with E-state index in [0.29, 0.717) is 23.3 Å². The fourth-order valence-corrected chi connectivity index (χ4v) is 2.30. The minimum absolute atomic E-state index is 0.467. The van der Waals surface area contributed by atoms with Crippen LogP contribution in [0.4, 0.5) is 5.69 Å². The van der Waals surface area contributed by atoms with E-state index >= 15 is 0 Å². The second kappa shape index (κ2) is 4.92. The molecule has 0 aliphatic heterocycles. The molecule has 1 aliphatic carbocycles. The third kappa shape index (κ3) is 2.88. The van der Waals surface area contributed by atoms with Crippen LogP contribution in [-0.2, 0) is 0 Å². The van der Waals surface area contributed by atoms with Crippen LogP contribution in [0.1, 0.15) is 24.5 Å². The van der Waals surface area contributed by atoms with Crippen LogP contribution < -0.4 is 11.1 Å². The fourth-order valence-electron chi connectivity index (χ4n) is 1.48. The third-order valence-corrected chi connectivity index (χ3v) is 3.63. The van der Waals surface area contributed by atoms with Crippen LogP contribution in [0.3, 0.4) is 0 Å². The van der Waals surface area contributed by atoms with Gasteiger partial charge in [0.1, 0.15) is 0 Å². The molecule has 88 valence electrons. The minimum Gasteiger partial charge on any atom is -0.397 e. The van der Waals surface area contributed by atoms with E-state index in [9.17, 15) is 5.11 Å². The van der Waals surface area contributed by atoms with Crippen LogP contribution in [-0.4, -0.2) is 17.7 Å². The first-order chi connectivity index (χ1) is 7.58. The van der Waals surface area contributed by atoms with Crippen molar-refractivity contribution in [1.29, 1.82) is 0 Å². The molecule has 1 saturated carbocycles. The molecule has 1 fully saturated rings. The summed E-state index contributed by atoms with van der Waals surface area (Å²) in [5.41, 5.74) is 6.99. The molecule has 16 heavy (non-hydrogen) atoms. The maximum atomic E-state index is 9.95. The van der Waals surface area contributed by atoms with Gasteiger partial charge in [-0.3, -0.25) is 0 Å². The summed E-state index contributed by atoms with van der Waals surface area (Å²) in [5.74, 6) is 0. The Morgan fingerprint density at radius 3 is 2.81 bits per heavy atom. The second-order valence-electron chi connectivity index (χ2n) is 4.10. The molecule has 0 spiro atoms. The zero-order chi connectivity index (χ0) is 11.7. The van der Waals surface area contributed by atoms with E-state index in [0.717, 1.165) is 10.0 Å². The van der Waals surface area contributed by atoms with Crippen LogP contribution in [0, 0.1) is 0 Å². The van der Waals surface area contributed by atoms with Gasteiger partial charge in [0.05, 0.1) is 16.8 Å². The molecular formula is C11H14BrClN2O. The number of nitrogens with one attached hydrogen (secondary N) is 1. The lowest BCUT2D eigenvalue weighted by Gasteiger charge is -2.13. The Labute approximate surface area is 108 Å². The Balaban J connectivity index is 2.06. The summed E-state index contributed by atoms with van der Waals surface area (Å²) < 4.78 is 0.723. The monoisotopic (exact) mass is 304 g/mol. The van der Waals surface area contributed by atoms with Gasteiger partial charge in [-0.05, 0) is 46.5 Å². The zero-order valence-corrected chi connectivity index (χ0v) is 11.1. The summed E-state index contributed by atoms with van der Waals surface area (Å²) >= 11 is 9.27. The van der Waals surface area contributed by atoms with Crippen LogP contribution in [0.25, 0.3) is 0 Å². The van der Waals surface area contributed by atoms with Gasteiger partial charge < -0.3 is 16.2 Å². The predicted octanol–water partition coefficient (Wildman–Crippen LogP) is 2.47. The molecule has 1 atom stereocenters. The van der Waals surface area contributed by atoms with Gasteiger partial charge in [-0.2, -0.15) is 0 Å². The molecule has 0 saturated heterocycles. The van der Waals surface area contributed by atoms with E-state index in [2.05, 4.69) is 21.2 Å². The van der Waals surface area contributed by atoms with Crippen molar-refractivity contribution in [2.45, 2.75) is 25.0 Å². The molecule has 0 radical (unpaired) electrons. The summed E-state index contributed by atoms with van der Waals surface area (Å²) in [6, 6.07) is 4.10.